The van der Waals surface area contributed by atoms with E-state index in [9.17, 15) is 9.59 Å². The predicted molar refractivity (Wildman–Crippen MR) is 90.0 cm³/mol. The Bertz CT molecular complexity index is 694. The molecule has 2 N–H and O–H groups in total. The van der Waals surface area contributed by atoms with Crippen molar-refractivity contribution in [1.29, 1.82) is 0 Å². The molecule has 3 rings (SSSR count). The Kier molecular flexibility index (Phi) is 5.23. The van der Waals surface area contributed by atoms with Crippen molar-refractivity contribution >= 4 is 12.0 Å². The zero-order valence-electron chi connectivity index (χ0n) is 14.3. The van der Waals surface area contributed by atoms with Crippen LogP contribution in [0.1, 0.15) is 31.4 Å². The molecule has 0 radical (unpaired) electrons. The fourth-order valence-electron chi connectivity index (χ4n) is 3.06. The van der Waals surface area contributed by atoms with Gasteiger partial charge in [0.05, 0.1) is 24.8 Å². The number of hydrogen-bond acceptors (Lipinski definition) is 5. The summed E-state index contributed by atoms with van der Waals surface area (Å²) in [6, 6.07) is 6.28. The first-order chi connectivity index (χ1) is 12.1. The molecule has 7 nitrogen and oxygen atoms in total. The highest BCUT2D eigenvalue weighted by Crippen LogP contribution is 2.29. The summed E-state index contributed by atoms with van der Waals surface area (Å²) >= 11 is 0. The van der Waals surface area contributed by atoms with Crippen molar-refractivity contribution in [2.75, 3.05) is 20.3 Å². The highest BCUT2D eigenvalue weighted by atomic mass is 16.6. The smallest absolute Gasteiger partial charge is 0.338 e. The lowest BCUT2D eigenvalue weighted by molar-refractivity contribution is -0.142. The van der Waals surface area contributed by atoms with Gasteiger partial charge in [0.15, 0.2) is 0 Å². The number of nitrogens with one attached hydrogen (secondary N) is 2. The van der Waals surface area contributed by atoms with E-state index in [2.05, 4.69) is 10.6 Å². The second-order valence-electron chi connectivity index (χ2n) is 6.08. The summed E-state index contributed by atoms with van der Waals surface area (Å²) < 4.78 is 16.1. The van der Waals surface area contributed by atoms with Crippen LogP contribution in [0.3, 0.4) is 0 Å². The summed E-state index contributed by atoms with van der Waals surface area (Å²) in [5, 5.41) is 5.41. The molecule has 0 spiro atoms. The lowest BCUT2D eigenvalue weighted by Crippen LogP contribution is -2.45. The van der Waals surface area contributed by atoms with E-state index in [1.165, 1.54) is 0 Å². The van der Waals surface area contributed by atoms with Gasteiger partial charge in [-0.1, -0.05) is 12.1 Å². The van der Waals surface area contributed by atoms with Crippen LogP contribution in [0.4, 0.5) is 4.79 Å². The molecule has 2 aliphatic heterocycles. The van der Waals surface area contributed by atoms with E-state index in [1.54, 1.807) is 26.2 Å². The molecule has 2 atom stereocenters. The molecule has 1 aromatic carbocycles. The van der Waals surface area contributed by atoms with Crippen molar-refractivity contribution in [3.63, 3.8) is 0 Å². The maximum atomic E-state index is 12.7. The molecule has 2 aliphatic rings. The molecular formula is C18H22N2O5. The minimum absolute atomic E-state index is 0.0498. The number of urea groups is 1. The van der Waals surface area contributed by atoms with Gasteiger partial charge in [0.25, 0.3) is 0 Å². The van der Waals surface area contributed by atoms with Gasteiger partial charge in [-0.3, -0.25) is 0 Å². The summed E-state index contributed by atoms with van der Waals surface area (Å²) in [4.78, 5) is 24.5. The van der Waals surface area contributed by atoms with Crippen molar-refractivity contribution in [1.82, 2.24) is 10.6 Å². The highest BCUT2D eigenvalue weighted by Gasteiger charge is 2.33. The van der Waals surface area contributed by atoms with Gasteiger partial charge in [-0.05, 0) is 37.5 Å². The van der Waals surface area contributed by atoms with E-state index in [0.717, 1.165) is 18.4 Å². The van der Waals surface area contributed by atoms with Crippen LogP contribution >= 0.6 is 0 Å². The standard InChI is InChI=1S/C18H22N2O5/c1-11-15(17(21)25-10-14-7-4-8-24-14)16(20-18(22)19-11)12-5-3-6-13(9-12)23-2/h3,5-6,9,14,16H,4,7-8,10H2,1-2H3,(H2,19,20,22)/t14-,16-/m0/s1. The molecule has 7 heteroatoms. The van der Waals surface area contributed by atoms with E-state index in [4.69, 9.17) is 14.2 Å². The molecule has 0 aliphatic carbocycles. The molecule has 2 amide bonds. The number of carbonyl (C=O) groups excluding carboxylic acids is 2. The normalized spacial score (nSPS) is 23.0. The van der Waals surface area contributed by atoms with Gasteiger partial charge in [-0.15, -0.1) is 0 Å². The van der Waals surface area contributed by atoms with Crippen LogP contribution in [0, 0.1) is 0 Å². The topological polar surface area (TPSA) is 85.9 Å². The molecule has 25 heavy (non-hydrogen) atoms. The average molecular weight is 346 g/mol. The largest absolute Gasteiger partial charge is 0.497 e. The van der Waals surface area contributed by atoms with Gasteiger partial charge in [0.2, 0.25) is 0 Å². The summed E-state index contributed by atoms with van der Waals surface area (Å²) in [7, 11) is 1.57. The molecular weight excluding hydrogens is 324 g/mol. The monoisotopic (exact) mass is 346 g/mol. The number of amides is 2. The summed E-state index contributed by atoms with van der Waals surface area (Å²) in [6.07, 6.45) is 1.82. The minimum atomic E-state index is -0.596. The molecule has 2 heterocycles. The Balaban J connectivity index is 1.82. The number of benzene rings is 1. The van der Waals surface area contributed by atoms with Gasteiger partial charge in [0, 0.05) is 12.3 Å². The Morgan fingerprint density at radius 3 is 2.96 bits per heavy atom. The van der Waals surface area contributed by atoms with Crippen molar-refractivity contribution in [2.45, 2.75) is 31.9 Å². The van der Waals surface area contributed by atoms with Crippen molar-refractivity contribution in [2.24, 2.45) is 0 Å². The highest BCUT2D eigenvalue weighted by molar-refractivity contribution is 5.95. The van der Waals surface area contributed by atoms with Crippen LogP contribution in [0.2, 0.25) is 0 Å². The SMILES string of the molecule is COc1cccc([C@@H]2NC(=O)NC(C)=C2C(=O)OC[C@@H]2CCCO2)c1. The van der Waals surface area contributed by atoms with Crippen molar-refractivity contribution in [3.8, 4) is 5.75 Å². The van der Waals surface area contributed by atoms with E-state index in [-0.39, 0.29) is 18.7 Å². The van der Waals surface area contributed by atoms with Crippen LogP contribution in [-0.2, 0) is 14.3 Å². The third kappa shape index (κ3) is 3.93. The first-order valence-corrected chi connectivity index (χ1v) is 8.29. The van der Waals surface area contributed by atoms with Gasteiger partial charge < -0.3 is 24.8 Å². The van der Waals surface area contributed by atoms with Crippen LogP contribution in [-0.4, -0.2) is 38.4 Å². The summed E-state index contributed by atoms with van der Waals surface area (Å²) in [6.45, 7) is 2.61. The van der Waals surface area contributed by atoms with Crippen LogP contribution in [0.5, 0.6) is 5.75 Å². The predicted octanol–water partition coefficient (Wildman–Crippen LogP) is 2.05. The first kappa shape index (κ1) is 17.3. The van der Waals surface area contributed by atoms with Gasteiger partial charge in [0.1, 0.15) is 12.4 Å². The summed E-state index contributed by atoms with van der Waals surface area (Å²) in [5.41, 5.74) is 1.61. The zero-order valence-corrected chi connectivity index (χ0v) is 14.3. The number of ether oxygens (including phenoxy) is 3. The molecule has 0 unspecified atom stereocenters. The van der Waals surface area contributed by atoms with Crippen molar-refractivity contribution in [3.05, 3.63) is 41.1 Å². The van der Waals surface area contributed by atoms with Crippen molar-refractivity contribution < 1.29 is 23.8 Å². The third-order valence-corrected chi connectivity index (χ3v) is 4.34. The molecule has 0 aromatic heterocycles. The van der Waals surface area contributed by atoms with Crippen LogP contribution < -0.4 is 15.4 Å². The fourth-order valence-corrected chi connectivity index (χ4v) is 3.06. The van der Waals surface area contributed by atoms with Gasteiger partial charge >= 0.3 is 12.0 Å². The second kappa shape index (κ2) is 7.57. The molecule has 0 saturated carbocycles. The number of esters is 1. The number of hydrogen-bond donors (Lipinski definition) is 2. The second-order valence-corrected chi connectivity index (χ2v) is 6.08. The van der Waals surface area contributed by atoms with Gasteiger partial charge in [-0.25, -0.2) is 9.59 Å². The molecule has 0 bridgehead atoms. The minimum Gasteiger partial charge on any atom is -0.497 e. The molecule has 134 valence electrons. The lowest BCUT2D eigenvalue weighted by Gasteiger charge is -2.28. The fraction of sp³-hybridized carbons (Fsp3) is 0.444. The number of carbonyl (C=O) groups is 2. The van der Waals surface area contributed by atoms with E-state index in [0.29, 0.717) is 23.6 Å². The Hall–Kier alpha value is -2.54. The molecule has 1 aromatic rings. The van der Waals surface area contributed by atoms with E-state index in [1.807, 2.05) is 12.1 Å². The first-order valence-electron chi connectivity index (χ1n) is 8.29. The zero-order chi connectivity index (χ0) is 17.8. The molecule has 1 saturated heterocycles. The average Bonchev–Trinajstić information content (AvgIpc) is 3.12. The summed E-state index contributed by atoms with van der Waals surface area (Å²) in [5.74, 6) is 0.184. The Labute approximate surface area is 146 Å². The Morgan fingerprint density at radius 2 is 2.24 bits per heavy atom. The van der Waals surface area contributed by atoms with E-state index >= 15 is 0 Å². The van der Waals surface area contributed by atoms with Crippen LogP contribution in [0.15, 0.2) is 35.5 Å². The van der Waals surface area contributed by atoms with E-state index < -0.39 is 12.0 Å². The molecule has 1 fully saturated rings. The maximum Gasteiger partial charge on any atom is 0.338 e. The quantitative estimate of drug-likeness (QED) is 0.797. The van der Waals surface area contributed by atoms with Gasteiger partial charge in [-0.2, -0.15) is 0 Å². The Morgan fingerprint density at radius 1 is 1.40 bits per heavy atom. The lowest BCUT2D eigenvalue weighted by atomic mass is 9.95. The third-order valence-electron chi connectivity index (χ3n) is 4.34. The maximum absolute atomic E-state index is 12.7. The van der Waals surface area contributed by atoms with Crippen LogP contribution in [0.25, 0.3) is 0 Å². The number of allylic oxidation sites excluding steroid dienone is 1. The number of methoxy groups -OCH3 is 1. The number of rotatable bonds is 5.